The lowest BCUT2D eigenvalue weighted by Crippen LogP contribution is -2.18. The van der Waals surface area contributed by atoms with Gasteiger partial charge >= 0.3 is 0 Å². The van der Waals surface area contributed by atoms with E-state index in [0.29, 0.717) is 0 Å². The molecular weight excluding hydrogens is 210 g/mol. The molecule has 0 aromatic carbocycles. The Morgan fingerprint density at radius 1 is 1.12 bits per heavy atom. The van der Waals surface area contributed by atoms with Gasteiger partial charge in [-0.05, 0) is 44.5 Å². The summed E-state index contributed by atoms with van der Waals surface area (Å²) in [5, 5.41) is 0. The third-order valence-electron chi connectivity index (χ3n) is 3.08. The first-order chi connectivity index (χ1) is 8.22. The first kappa shape index (κ1) is 11.8. The molecule has 0 radical (unpaired) electrons. The smallest absolute Gasteiger partial charge is 0.0716 e. The van der Waals surface area contributed by atoms with Crippen LogP contribution in [0.5, 0.6) is 0 Å². The molecule has 0 unspecified atom stereocenters. The van der Waals surface area contributed by atoms with Gasteiger partial charge in [-0.3, -0.25) is 4.68 Å². The quantitative estimate of drug-likeness (QED) is 0.839. The highest BCUT2D eigenvalue weighted by Gasteiger charge is 2.02. The molecule has 0 amide bonds. The van der Waals surface area contributed by atoms with E-state index in [1.807, 2.05) is 0 Å². The van der Waals surface area contributed by atoms with E-state index < -0.39 is 0 Å². The molecule has 2 aromatic rings. The van der Waals surface area contributed by atoms with Crippen LogP contribution in [0.15, 0.2) is 30.5 Å². The zero-order valence-electron chi connectivity index (χ0n) is 10.9. The Balaban J connectivity index is 2.05. The minimum atomic E-state index is 0.864. The predicted molar refractivity (Wildman–Crippen MR) is 71.7 cm³/mol. The van der Waals surface area contributed by atoms with Crippen LogP contribution in [0, 0.1) is 13.8 Å². The first-order valence-electron chi connectivity index (χ1n) is 6.25. The largest absolute Gasteiger partial charge is 0.350 e. The molecule has 0 aliphatic heterocycles. The summed E-state index contributed by atoms with van der Waals surface area (Å²) in [6, 6.07) is 8.56. The Kier molecular flexibility index (Phi) is 3.57. The topological polar surface area (TPSA) is 21.9 Å². The summed E-state index contributed by atoms with van der Waals surface area (Å²) in [7, 11) is 0. The zero-order valence-corrected chi connectivity index (χ0v) is 10.9. The molecule has 92 valence electrons. The van der Waals surface area contributed by atoms with Crippen molar-refractivity contribution in [2.24, 2.45) is 0 Å². The fourth-order valence-electron chi connectivity index (χ4n) is 2.15. The summed E-state index contributed by atoms with van der Waals surface area (Å²) in [6.45, 7) is 8.39. The lowest BCUT2D eigenvalue weighted by molar-refractivity contribution is 0.641. The van der Waals surface area contributed by atoms with Gasteiger partial charge in [0.15, 0.2) is 0 Å². The average molecular weight is 231 g/mol. The fourth-order valence-corrected chi connectivity index (χ4v) is 2.15. The molecule has 0 aliphatic carbocycles. The van der Waals surface area contributed by atoms with Crippen LogP contribution in [0.25, 0.3) is 0 Å². The molecular formula is C14H21N3. The molecule has 0 bridgehead atoms. The maximum absolute atomic E-state index is 3.46. The number of nitrogens with zero attached hydrogens (tertiary/aromatic N) is 2. The van der Waals surface area contributed by atoms with E-state index in [0.717, 1.165) is 13.1 Å². The van der Waals surface area contributed by atoms with Gasteiger partial charge in [-0.25, -0.2) is 0 Å². The molecule has 0 atom stereocenters. The molecule has 17 heavy (non-hydrogen) atoms. The van der Waals surface area contributed by atoms with Gasteiger partial charge in [0.2, 0.25) is 0 Å². The first-order valence-corrected chi connectivity index (χ1v) is 6.25. The summed E-state index contributed by atoms with van der Waals surface area (Å²) in [6.07, 6.45) is 3.32. The van der Waals surface area contributed by atoms with Crippen LogP contribution in [-0.2, 0) is 13.1 Å². The van der Waals surface area contributed by atoms with Gasteiger partial charge in [0.25, 0.3) is 0 Å². The number of aryl methyl sites for hydroxylation is 3. The van der Waals surface area contributed by atoms with Crippen molar-refractivity contribution in [2.45, 2.75) is 40.3 Å². The average Bonchev–Trinajstić information content (AvgIpc) is 2.86. The van der Waals surface area contributed by atoms with E-state index in [9.17, 15) is 0 Å². The molecule has 0 saturated heterocycles. The Morgan fingerprint density at radius 3 is 2.47 bits per heavy atom. The van der Waals surface area contributed by atoms with E-state index in [1.165, 1.54) is 23.5 Å². The van der Waals surface area contributed by atoms with Crippen LogP contribution in [0.4, 0.5) is 0 Å². The summed E-state index contributed by atoms with van der Waals surface area (Å²) in [5.41, 5.74) is 7.28. The summed E-state index contributed by atoms with van der Waals surface area (Å²) >= 11 is 0. The number of aromatic nitrogens is 2. The third kappa shape index (κ3) is 2.54. The van der Waals surface area contributed by atoms with Gasteiger partial charge < -0.3 is 9.99 Å². The molecule has 2 heterocycles. The highest BCUT2D eigenvalue weighted by atomic mass is 15.4. The monoisotopic (exact) mass is 231 g/mol. The molecule has 0 fully saturated rings. The second-order valence-corrected chi connectivity index (χ2v) is 4.48. The van der Waals surface area contributed by atoms with Gasteiger partial charge in [0, 0.05) is 29.8 Å². The van der Waals surface area contributed by atoms with Crippen molar-refractivity contribution in [2.75, 3.05) is 5.43 Å². The lowest BCUT2D eigenvalue weighted by Gasteiger charge is -2.14. The Bertz CT molecular complexity index is 460. The SMILES string of the molecule is CCCn1cccc1CNn1c(C)ccc1C. The zero-order chi connectivity index (χ0) is 12.3. The minimum Gasteiger partial charge on any atom is -0.350 e. The highest BCUT2D eigenvalue weighted by molar-refractivity contribution is 5.17. The molecule has 3 heteroatoms. The maximum atomic E-state index is 3.46. The summed E-state index contributed by atoms with van der Waals surface area (Å²) in [5.74, 6) is 0. The van der Waals surface area contributed by atoms with Gasteiger partial charge in [-0.15, -0.1) is 0 Å². The van der Waals surface area contributed by atoms with Gasteiger partial charge in [-0.1, -0.05) is 6.92 Å². The van der Waals surface area contributed by atoms with Crippen molar-refractivity contribution in [3.63, 3.8) is 0 Å². The lowest BCUT2D eigenvalue weighted by atomic mass is 10.4. The van der Waals surface area contributed by atoms with Crippen molar-refractivity contribution in [1.29, 1.82) is 0 Å². The van der Waals surface area contributed by atoms with E-state index >= 15 is 0 Å². The maximum Gasteiger partial charge on any atom is 0.0716 e. The van der Waals surface area contributed by atoms with Crippen LogP contribution in [0.1, 0.15) is 30.4 Å². The number of rotatable bonds is 5. The fraction of sp³-hybridized carbons (Fsp3) is 0.429. The van der Waals surface area contributed by atoms with E-state index in [-0.39, 0.29) is 0 Å². The van der Waals surface area contributed by atoms with Crippen molar-refractivity contribution < 1.29 is 0 Å². The normalized spacial score (nSPS) is 10.8. The molecule has 2 aromatic heterocycles. The van der Waals surface area contributed by atoms with Gasteiger partial charge in [-0.2, -0.15) is 0 Å². The van der Waals surface area contributed by atoms with Crippen LogP contribution in [0.2, 0.25) is 0 Å². The second-order valence-electron chi connectivity index (χ2n) is 4.48. The van der Waals surface area contributed by atoms with Gasteiger partial charge in [0.1, 0.15) is 0 Å². The van der Waals surface area contributed by atoms with Crippen molar-refractivity contribution in [1.82, 2.24) is 9.24 Å². The second kappa shape index (κ2) is 5.13. The van der Waals surface area contributed by atoms with Crippen LogP contribution < -0.4 is 5.43 Å². The van der Waals surface area contributed by atoms with Crippen molar-refractivity contribution >= 4 is 0 Å². The van der Waals surface area contributed by atoms with E-state index in [1.54, 1.807) is 0 Å². The van der Waals surface area contributed by atoms with E-state index in [2.05, 4.69) is 65.9 Å². The molecule has 3 nitrogen and oxygen atoms in total. The minimum absolute atomic E-state index is 0.864. The Labute approximate surface area is 103 Å². The van der Waals surface area contributed by atoms with Crippen molar-refractivity contribution in [3.8, 4) is 0 Å². The van der Waals surface area contributed by atoms with Crippen molar-refractivity contribution in [3.05, 3.63) is 47.5 Å². The molecule has 0 saturated carbocycles. The van der Waals surface area contributed by atoms with Crippen LogP contribution >= 0.6 is 0 Å². The Hall–Kier alpha value is -1.64. The third-order valence-corrected chi connectivity index (χ3v) is 3.08. The number of hydrogen-bond acceptors (Lipinski definition) is 1. The van der Waals surface area contributed by atoms with E-state index in [4.69, 9.17) is 0 Å². The van der Waals surface area contributed by atoms with Crippen LogP contribution in [0.3, 0.4) is 0 Å². The standard InChI is InChI=1S/C14H21N3/c1-4-9-16-10-5-6-14(16)11-15-17-12(2)7-8-13(17)3/h5-8,10,15H,4,9,11H2,1-3H3. The molecule has 2 rings (SSSR count). The Morgan fingerprint density at radius 2 is 1.82 bits per heavy atom. The number of nitrogens with one attached hydrogen (secondary N) is 1. The van der Waals surface area contributed by atoms with Gasteiger partial charge in [0.05, 0.1) is 6.54 Å². The van der Waals surface area contributed by atoms with Crippen LogP contribution in [-0.4, -0.2) is 9.24 Å². The summed E-state index contributed by atoms with van der Waals surface area (Å²) < 4.78 is 4.45. The molecule has 1 N–H and O–H groups in total. The highest BCUT2D eigenvalue weighted by Crippen LogP contribution is 2.07. The number of hydrogen-bond donors (Lipinski definition) is 1. The predicted octanol–water partition coefficient (Wildman–Crippen LogP) is 3.06. The molecule has 0 spiro atoms. The summed E-state index contributed by atoms with van der Waals surface area (Å²) in [4.78, 5) is 0. The molecule has 0 aliphatic rings.